The summed E-state index contributed by atoms with van der Waals surface area (Å²) in [6, 6.07) is 11.7. The number of sulfonamides is 1. The predicted molar refractivity (Wildman–Crippen MR) is 190 cm³/mol. The van der Waals surface area contributed by atoms with Crippen LogP contribution in [0.4, 0.5) is 5.69 Å². The number of ether oxygens (including phenoxy) is 3. The highest BCUT2D eigenvalue weighted by Gasteiger charge is 2.50. The maximum absolute atomic E-state index is 13.6. The first kappa shape index (κ1) is 33.8. The molecule has 2 aliphatic carbocycles. The van der Waals surface area contributed by atoms with Crippen LogP contribution in [-0.4, -0.2) is 82.8 Å². The van der Waals surface area contributed by atoms with Gasteiger partial charge in [-0.2, -0.15) is 0 Å². The van der Waals surface area contributed by atoms with Gasteiger partial charge in [0.1, 0.15) is 18.0 Å². The Morgan fingerprint density at radius 3 is 2.49 bits per heavy atom. The number of rotatable bonds is 1. The highest BCUT2D eigenvalue weighted by atomic mass is 35.5. The minimum absolute atomic E-state index is 0.106. The molecule has 9 nitrogen and oxygen atoms in total. The lowest BCUT2D eigenvalue weighted by Gasteiger charge is -2.47. The Morgan fingerprint density at radius 1 is 0.939 bits per heavy atom. The zero-order chi connectivity index (χ0) is 34.1. The Labute approximate surface area is 296 Å². The molecule has 2 bridgehead atoms. The quantitative estimate of drug-likeness (QED) is 0.398. The zero-order valence-electron chi connectivity index (χ0n) is 28.9. The van der Waals surface area contributed by atoms with E-state index in [0.717, 1.165) is 94.0 Å². The maximum Gasteiger partial charge on any atom is 0.264 e. The molecule has 2 saturated heterocycles. The number of nitrogens with zero attached hydrogens (tertiary/aromatic N) is 2. The lowest BCUT2D eigenvalue weighted by atomic mass is 9.64. The molecule has 0 unspecified atom stereocenters. The molecule has 49 heavy (non-hydrogen) atoms. The fourth-order valence-corrected chi connectivity index (χ4v) is 11.2. The van der Waals surface area contributed by atoms with Crippen LogP contribution in [0.25, 0.3) is 0 Å². The number of likely N-dealkylation sites (tertiary alicyclic amines) is 1. The SMILES string of the molecule is C[C@@H]1[C@@H](C)CCC[C@@H]([C@H]2O[C@H]3CN(C)C[C@H]3O2)[C@@H]2CC[C@H]2CN2C[C@@]3(CCCc4cc(Cl)ccc43)COc3ccc(cc32)C(=O)NS1(=O)=O. The standard InChI is InChI=1S/C38H50ClN3O6S/c1-23-6-4-8-30(37-47-34-19-41(3)20-35(34)48-37)29-12-9-27(29)18-42-21-38(15-5-7-25-16-28(39)11-13-31(25)38)22-46-33-14-10-26(17-32(33)42)36(43)40-49(44,45)24(23)2/h10-11,13-14,16-17,23-24,27,29-30,34-35,37H,4-9,12,15,18-22H2,1-3H3,(H,40,43)/t23-,24+,27-,29+,30+,34-,35+,37-,38-/m0/s1. The molecule has 11 heteroatoms. The van der Waals surface area contributed by atoms with Crippen molar-refractivity contribution in [2.45, 2.75) is 94.4 Å². The van der Waals surface area contributed by atoms with Gasteiger partial charge < -0.3 is 24.0 Å². The van der Waals surface area contributed by atoms with Crippen molar-refractivity contribution in [3.8, 4) is 5.75 Å². The molecule has 8 rings (SSSR count). The van der Waals surface area contributed by atoms with Crippen LogP contribution < -0.4 is 14.4 Å². The van der Waals surface area contributed by atoms with Crippen molar-refractivity contribution in [2.75, 3.05) is 44.7 Å². The zero-order valence-corrected chi connectivity index (χ0v) is 30.5. The number of likely N-dealkylation sites (N-methyl/N-ethyl adjacent to an activating group) is 1. The molecule has 4 aliphatic heterocycles. The fourth-order valence-electron chi connectivity index (χ4n) is 9.74. The average Bonchev–Trinajstić information content (AvgIpc) is 3.56. The summed E-state index contributed by atoms with van der Waals surface area (Å²) in [7, 11) is -1.78. The molecular formula is C38H50ClN3O6S. The monoisotopic (exact) mass is 711 g/mol. The summed E-state index contributed by atoms with van der Waals surface area (Å²) >= 11 is 6.48. The van der Waals surface area contributed by atoms with Crippen molar-refractivity contribution in [3.05, 3.63) is 58.1 Å². The van der Waals surface area contributed by atoms with E-state index in [0.29, 0.717) is 24.0 Å². The first-order valence-electron chi connectivity index (χ1n) is 18.4. The van der Waals surface area contributed by atoms with Gasteiger partial charge in [-0.1, -0.05) is 31.0 Å². The lowest BCUT2D eigenvalue weighted by Crippen LogP contribution is -2.50. The second kappa shape index (κ2) is 13.0. The number of amides is 1. The first-order valence-corrected chi connectivity index (χ1v) is 20.3. The van der Waals surface area contributed by atoms with Gasteiger partial charge in [0.15, 0.2) is 6.29 Å². The van der Waals surface area contributed by atoms with Crippen molar-refractivity contribution in [3.63, 3.8) is 0 Å². The van der Waals surface area contributed by atoms with Crippen LogP contribution in [0.15, 0.2) is 36.4 Å². The molecule has 266 valence electrons. The molecule has 2 aromatic carbocycles. The normalized spacial score (nSPS) is 37.6. The van der Waals surface area contributed by atoms with Crippen LogP contribution in [0, 0.1) is 23.7 Å². The molecule has 4 heterocycles. The van der Waals surface area contributed by atoms with Crippen molar-refractivity contribution in [1.82, 2.24) is 9.62 Å². The molecule has 9 atom stereocenters. The summed E-state index contributed by atoms with van der Waals surface area (Å²) < 4.78 is 49.4. The third-order valence-electron chi connectivity index (χ3n) is 12.9. The fraction of sp³-hybridized carbons (Fsp3) is 0.658. The van der Waals surface area contributed by atoms with Crippen molar-refractivity contribution < 1.29 is 27.4 Å². The van der Waals surface area contributed by atoms with Gasteiger partial charge in [0, 0.05) is 48.1 Å². The number of carbonyl (C=O) groups excluding carboxylic acids is 1. The molecule has 2 aromatic rings. The van der Waals surface area contributed by atoms with Crippen LogP contribution in [0.1, 0.15) is 80.3 Å². The van der Waals surface area contributed by atoms with Gasteiger partial charge >= 0.3 is 0 Å². The van der Waals surface area contributed by atoms with E-state index in [1.165, 1.54) is 11.1 Å². The highest BCUT2D eigenvalue weighted by molar-refractivity contribution is 7.90. The Balaban J connectivity index is 1.17. The van der Waals surface area contributed by atoms with Crippen LogP contribution in [0.3, 0.4) is 0 Å². The summed E-state index contributed by atoms with van der Waals surface area (Å²) in [6.07, 6.45) is 7.81. The van der Waals surface area contributed by atoms with Gasteiger partial charge in [-0.05, 0) is 118 Å². The van der Waals surface area contributed by atoms with Gasteiger partial charge in [0.05, 0.1) is 17.5 Å². The predicted octanol–water partition coefficient (Wildman–Crippen LogP) is 5.78. The number of carbonyl (C=O) groups is 1. The van der Waals surface area contributed by atoms with E-state index in [1.807, 2.05) is 25.1 Å². The third kappa shape index (κ3) is 6.28. The van der Waals surface area contributed by atoms with E-state index in [9.17, 15) is 13.2 Å². The van der Waals surface area contributed by atoms with Crippen molar-refractivity contribution in [2.24, 2.45) is 23.7 Å². The second-order valence-electron chi connectivity index (χ2n) is 16.0. The van der Waals surface area contributed by atoms with E-state index in [2.05, 4.69) is 33.7 Å². The lowest BCUT2D eigenvalue weighted by molar-refractivity contribution is -0.146. The number of anilines is 1. The van der Waals surface area contributed by atoms with E-state index in [-0.39, 0.29) is 35.7 Å². The molecule has 3 fully saturated rings. The number of benzene rings is 2. The minimum atomic E-state index is -3.90. The van der Waals surface area contributed by atoms with E-state index in [4.69, 9.17) is 25.8 Å². The third-order valence-corrected chi connectivity index (χ3v) is 15.0. The number of hydrogen-bond donors (Lipinski definition) is 1. The number of aryl methyl sites for hydroxylation is 1. The summed E-state index contributed by atoms with van der Waals surface area (Å²) in [5.74, 6) is 1.11. The van der Waals surface area contributed by atoms with Crippen LogP contribution >= 0.6 is 11.6 Å². The highest BCUT2D eigenvalue weighted by Crippen LogP contribution is 2.50. The molecule has 1 amide bonds. The van der Waals surface area contributed by atoms with Gasteiger partial charge in [0.25, 0.3) is 5.91 Å². The van der Waals surface area contributed by atoms with E-state index >= 15 is 0 Å². The van der Waals surface area contributed by atoms with Crippen LogP contribution in [0.5, 0.6) is 5.75 Å². The molecule has 1 saturated carbocycles. The number of fused-ring (bicyclic) bond motifs is 5. The number of halogens is 1. The Bertz CT molecular complexity index is 1690. The average molecular weight is 712 g/mol. The van der Waals surface area contributed by atoms with Gasteiger partial charge in [-0.25, -0.2) is 13.1 Å². The maximum atomic E-state index is 13.6. The Morgan fingerprint density at radius 2 is 1.73 bits per heavy atom. The Kier molecular flexibility index (Phi) is 8.95. The summed E-state index contributed by atoms with van der Waals surface area (Å²) in [4.78, 5) is 18.3. The first-order chi connectivity index (χ1) is 23.5. The molecule has 0 aromatic heterocycles. The van der Waals surface area contributed by atoms with Crippen molar-refractivity contribution in [1.29, 1.82) is 0 Å². The number of nitrogens with one attached hydrogen (secondary N) is 1. The minimum Gasteiger partial charge on any atom is -0.490 e. The van der Waals surface area contributed by atoms with Gasteiger partial charge in [-0.15, -0.1) is 0 Å². The summed E-state index contributed by atoms with van der Waals surface area (Å²) in [5.41, 5.74) is 3.51. The van der Waals surface area contributed by atoms with Crippen molar-refractivity contribution >= 4 is 33.2 Å². The molecule has 6 aliphatic rings. The molecule has 1 spiro atoms. The van der Waals surface area contributed by atoms with E-state index < -0.39 is 21.2 Å². The van der Waals surface area contributed by atoms with Gasteiger partial charge in [0.2, 0.25) is 10.0 Å². The largest absolute Gasteiger partial charge is 0.490 e. The van der Waals surface area contributed by atoms with Gasteiger partial charge in [-0.3, -0.25) is 4.79 Å². The molecule has 1 N–H and O–H groups in total. The van der Waals surface area contributed by atoms with E-state index in [1.54, 1.807) is 13.0 Å². The Hall–Kier alpha value is -2.37. The summed E-state index contributed by atoms with van der Waals surface area (Å²) in [5, 5.41) is 0.0389. The molecule has 0 radical (unpaired) electrons. The second-order valence-corrected chi connectivity index (χ2v) is 18.5. The van der Waals surface area contributed by atoms with Crippen LogP contribution in [-0.2, 0) is 31.3 Å². The molecular weight excluding hydrogens is 662 g/mol. The van der Waals surface area contributed by atoms with Crippen LogP contribution in [0.2, 0.25) is 5.02 Å². The summed E-state index contributed by atoms with van der Waals surface area (Å²) in [6.45, 7) is 7.56. The topological polar surface area (TPSA) is 97.4 Å². The number of hydrogen-bond acceptors (Lipinski definition) is 8. The smallest absolute Gasteiger partial charge is 0.264 e.